The third kappa shape index (κ3) is 2.00. The summed E-state index contributed by atoms with van der Waals surface area (Å²) in [6, 6.07) is 6.24. The molecule has 16 heavy (non-hydrogen) atoms. The Morgan fingerprint density at radius 2 is 2.12 bits per heavy atom. The minimum atomic E-state index is 0.361. The van der Waals surface area contributed by atoms with Gasteiger partial charge in [-0.3, -0.25) is 0 Å². The summed E-state index contributed by atoms with van der Waals surface area (Å²) in [6.07, 6.45) is 4.67. The zero-order valence-corrected chi connectivity index (χ0v) is 9.32. The molecule has 2 aliphatic heterocycles. The summed E-state index contributed by atoms with van der Waals surface area (Å²) in [7, 11) is 0. The first-order chi connectivity index (χ1) is 7.92. The molecule has 3 heteroatoms. The van der Waals surface area contributed by atoms with Gasteiger partial charge >= 0.3 is 0 Å². The molecule has 3 rings (SSSR count). The molecule has 3 nitrogen and oxygen atoms in total. The fourth-order valence-electron chi connectivity index (χ4n) is 2.23. The quantitative estimate of drug-likeness (QED) is 0.773. The number of hydrogen-bond donors (Lipinski definition) is 0. The Bertz CT molecular complexity index is 372. The molecule has 1 saturated heterocycles. The Hall–Kier alpha value is -1.22. The van der Waals surface area contributed by atoms with Crippen LogP contribution in [0, 0.1) is 6.42 Å². The van der Waals surface area contributed by atoms with E-state index in [0.29, 0.717) is 6.79 Å². The monoisotopic (exact) mass is 218 g/mol. The van der Waals surface area contributed by atoms with Crippen LogP contribution in [0.15, 0.2) is 18.2 Å². The highest BCUT2D eigenvalue weighted by atomic mass is 16.7. The number of rotatable bonds is 3. The molecule has 0 unspecified atom stereocenters. The van der Waals surface area contributed by atoms with E-state index >= 15 is 0 Å². The van der Waals surface area contributed by atoms with E-state index in [4.69, 9.17) is 9.47 Å². The standard InChI is InChI=1S/C13H16NO2/c1-2-7-14(6-1)8-5-11-3-4-12-13(9-11)16-10-15-12/h1,3-4,9H,2,5-8,10H2. The second-order valence-corrected chi connectivity index (χ2v) is 4.32. The van der Waals surface area contributed by atoms with Crippen molar-refractivity contribution in [2.75, 3.05) is 26.4 Å². The molecule has 1 fully saturated rings. The van der Waals surface area contributed by atoms with Crippen LogP contribution in [-0.2, 0) is 6.42 Å². The van der Waals surface area contributed by atoms with Crippen molar-refractivity contribution in [1.29, 1.82) is 0 Å². The highest BCUT2D eigenvalue weighted by Gasteiger charge is 2.14. The van der Waals surface area contributed by atoms with Gasteiger partial charge in [0.15, 0.2) is 11.5 Å². The van der Waals surface area contributed by atoms with Gasteiger partial charge in [-0.15, -0.1) is 0 Å². The van der Waals surface area contributed by atoms with E-state index in [2.05, 4.69) is 23.5 Å². The van der Waals surface area contributed by atoms with Crippen LogP contribution in [0.1, 0.15) is 12.0 Å². The smallest absolute Gasteiger partial charge is 0.231 e. The summed E-state index contributed by atoms with van der Waals surface area (Å²) < 4.78 is 10.7. The fourth-order valence-corrected chi connectivity index (χ4v) is 2.23. The van der Waals surface area contributed by atoms with Gasteiger partial charge in [0.2, 0.25) is 6.79 Å². The van der Waals surface area contributed by atoms with Crippen LogP contribution in [0.3, 0.4) is 0 Å². The van der Waals surface area contributed by atoms with Gasteiger partial charge in [0.25, 0.3) is 0 Å². The number of nitrogens with zero attached hydrogens (tertiary/aromatic N) is 1. The normalized spacial score (nSPS) is 19.2. The summed E-state index contributed by atoms with van der Waals surface area (Å²) in [5.41, 5.74) is 1.33. The average Bonchev–Trinajstić information content (AvgIpc) is 2.97. The van der Waals surface area contributed by atoms with Gasteiger partial charge in [0.1, 0.15) is 0 Å². The van der Waals surface area contributed by atoms with Crippen LogP contribution in [0.5, 0.6) is 11.5 Å². The molecule has 1 aromatic carbocycles. The molecule has 1 radical (unpaired) electrons. The van der Waals surface area contributed by atoms with Crippen LogP contribution in [-0.4, -0.2) is 31.3 Å². The molecule has 0 aromatic heterocycles. The van der Waals surface area contributed by atoms with E-state index in [0.717, 1.165) is 31.0 Å². The number of ether oxygens (including phenoxy) is 2. The fraction of sp³-hybridized carbons (Fsp3) is 0.462. The minimum Gasteiger partial charge on any atom is -0.454 e. The van der Waals surface area contributed by atoms with Gasteiger partial charge in [-0.1, -0.05) is 6.07 Å². The third-order valence-electron chi connectivity index (χ3n) is 3.19. The Labute approximate surface area is 96.0 Å². The van der Waals surface area contributed by atoms with Crippen LogP contribution in [0.2, 0.25) is 0 Å². The molecule has 0 aliphatic carbocycles. The maximum absolute atomic E-state index is 5.37. The lowest BCUT2D eigenvalue weighted by Gasteiger charge is -2.14. The van der Waals surface area contributed by atoms with Gasteiger partial charge in [-0.2, -0.15) is 0 Å². The highest BCUT2D eigenvalue weighted by Crippen LogP contribution is 2.32. The number of benzene rings is 1. The second-order valence-electron chi connectivity index (χ2n) is 4.32. The maximum atomic E-state index is 5.37. The van der Waals surface area contributed by atoms with Crippen LogP contribution >= 0.6 is 0 Å². The molecule has 2 aliphatic rings. The maximum Gasteiger partial charge on any atom is 0.231 e. The van der Waals surface area contributed by atoms with E-state index in [9.17, 15) is 0 Å². The molecule has 0 saturated carbocycles. The Kier molecular flexibility index (Phi) is 2.70. The van der Waals surface area contributed by atoms with E-state index in [1.807, 2.05) is 6.07 Å². The lowest BCUT2D eigenvalue weighted by molar-refractivity contribution is 0.174. The van der Waals surface area contributed by atoms with Crippen molar-refractivity contribution < 1.29 is 9.47 Å². The van der Waals surface area contributed by atoms with Crippen molar-refractivity contribution >= 4 is 0 Å². The summed E-state index contributed by atoms with van der Waals surface area (Å²) in [5, 5.41) is 0. The molecule has 1 aromatic rings. The van der Waals surface area contributed by atoms with E-state index in [-0.39, 0.29) is 0 Å². The molecule has 2 heterocycles. The average molecular weight is 218 g/mol. The lowest BCUT2D eigenvalue weighted by atomic mass is 10.1. The molecular formula is C13H16NO2. The summed E-state index contributed by atoms with van der Waals surface area (Å²) in [5.74, 6) is 1.77. The number of likely N-dealkylation sites (tertiary alicyclic amines) is 1. The first-order valence-electron chi connectivity index (χ1n) is 5.84. The van der Waals surface area contributed by atoms with Gasteiger partial charge in [0.05, 0.1) is 0 Å². The minimum absolute atomic E-state index is 0.361. The first kappa shape index (κ1) is 9.97. The molecule has 0 atom stereocenters. The van der Waals surface area contributed by atoms with Crippen LogP contribution < -0.4 is 9.47 Å². The zero-order valence-electron chi connectivity index (χ0n) is 9.32. The molecule has 0 spiro atoms. The number of hydrogen-bond acceptors (Lipinski definition) is 3. The lowest BCUT2D eigenvalue weighted by Crippen LogP contribution is -2.21. The summed E-state index contributed by atoms with van der Waals surface area (Å²) >= 11 is 0. The van der Waals surface area contributed by atoms with Gasteiger partial charge < -0.3 is 14.4 Å². The van der Waals surface area contributed by atoms with Crippen LogP contribution in [0.25, 0.3) is 0 Å². The molecule has 85 valence electrons. The van der Waals surface area contributed by atoms with E-state index in [1.54, 1.807) is 0 Å². The predicted octanol–water partition coefficient (Wildman–Crippen LogP) is 1.87. The van der Waals surface area contributed by atoms with Crippen LogP contribution in [0.4, 0.5) is 0 Å². The largest absolute Gasteiger partial charge is 0.454 e. The Balaban J connectivity index is 1.61. The molecule has 0 bridgehead atoms. The SMILES string of the molecule is [CH]1CCN(CCc2ccc3c(c2)OCO3)C1. The highest BCUT2D eigenvalue weighted by molar-refractivity contribution is 5.44. The van der Waals surface area contributed by atoms with Gasteiger partial charge in [-0.25, -0.2) is 0 Å². The third-order valence-corrected chi connectivity index (χ3v) is 3.19. The van der Waals surface area contributed by atoms with Crippen molar-refractivity contribution in [3.63, 3.8) is 0 Å². The van der Waals surface area contributed by atoms with Gasteiger partial charge in [0, 0.05) is 13.1 Å². The number of fused-ring (bicyclic) bond motifs is 1. The Morgan fingerprint density at radius 1 is 1.19 bits per heavy atom. The molecule has 0 amide bonds. The van der Waals surface area contributed by atoms with Crippen molar-refractivity contribution in [1.82, 2.24) is 4.90 Å². The predicted molar refractivity (Wildman–Crippen MR) is 61.6 cm³/mol. The first-order valence-corrected chi connectivity index (χ1v) is 5.84. The van der Waals surface area contributed by atoms with E-state index < -0.39 is 0 Å². The van der Waals surface area contributed by atoms with Crippen molar-refractivity contribution in [3.8, 4) is 11.5 Å². The van der Waals surface area contributed by atoms with Gasteiger partial charge in [-0.05, 0) is 43.5 Å². The Morgan fingerprint density at radius 3 is 3.00 bits per heavy atom. The second kappa shape index (κ2) is 4.34. The summed E-state index contributed by atoms with van der Waals surface area (Å²) in [6.45, 7) is 3.85. The zero-order chi connectivity index (χ0) is 10.8. The van der Waals surface area contributed by atoms with Crippen molar-refractivity contribution in [3.05, 3.63) is 30.2 Å². The van der Waals surface area contributed by atoms with Crippen molar-refractivity contribution in [2.24, 2.45) is 0 Å². The van der Waals surface area contributed by atoms with E-state index in [1.165, 1.54) is 18.5 Å². The topological polar surface area (TPSA) is 21.7 Å². The molecular weight excluding hydrogens is 202 g/mol. The summed E-state index contributed by atoms with van der Waals surface area (Å²) in [4.78, 5) is 2.48. The van der Waals surface area contributed by atoms with Crippen molar-refractivity contribution in [2.45, 2.75) is 12.8 Å². The molecule has 0 N–H and O–H groups in total.